The van der Waals surface area contributed by atoms with Crippen molar-refractivity contribution in [2.45, 2.75) is 38.0 Å². The first-order valence-electron chi connectivity index (χ1n) is 7.15. The molecule has 0 radical (unpaired) electrons. The molecular weight excluding hydrogens is 254 g/mol. The number of nitrogens with zero attached hydrogens (tertiary/aromatic N) is 3. The van der Waals surface area contributed by atoms with Gasteiger partial charge in [0.25, 0.3) is 0 Å². The maximum Gasteiger partial charge on any atom is 0.132 e. The lowest BCUT2D eigenvalue weighted by Gasteiger charge is -2.25. The van der Waals surface area contributed by atoms with Crippen molar-refractivity contribution in [3.8, 4) is 0 Å². The highest BCUT2D eigenvalue weighted by Gasteiger charge is 2.28. The first kappa shape index (κ1) is 13.4. The Balaban J connectivity index is 1.60. The minimum atomic E-state index is -0.510. The van der Waals surface area contributed by atoms with Gasteiger partial charge in [0.2, 0.25) is 0 Å². The van der Waals surface area contributed by atoms with Crippen molar-refractivity contribution in [1.29, 1.82) is 0 Å². The third-order valence-electron chi connectivity index (χ3n) is 4.01. The summed E-state index contributed by atoms with van der Waals surface area (Å²) in [6.07, 6.45) is 8.13. The summed E-state index contributed by atoms with van der Waals surface area (Å²) in [6, 6.07) is 4.07. The van der Waals surface area contributed by atoms with Gasteiger partial charge < -0.3 is 9.52 Å². The molecule has 2 atom stereocenters. The Morgan fingerprint density at radius 2 is 2.45 bits per heavy atom. The van der Waals surface area contributed by atoms with Gasteiger partial charge in [0.1, 0.15) is 11.9 Å². The molecule has 0 saturated carbocycles. The van der Waals surface area contributed by atoms with Crippen LogP contribution in [0.3, 0.4) is 0 Å². The van der Waals surface area contributed by atoms with Crippen LogP contribution in [0.4, 0.5) is 0 Å². The first-order valence-corrected chi connectivity index (χ1v) is 7.15. The Labute approximate surface area is 118 Å². The Morgan fingerprint density at radius 1 is 1.55 bits per heavy atom. The van der Waals surface area contributed by atoms with Gasteiger partial charge in [0.05, 0.1) is 12.5 Å². The smallest absolute Gasteiger partial charge is 0.132 e. The van der Waals surface area contributed by atoms with E-state index < -0.39 is 6.10 Å². The van der Waals surface area contributed by atoms with E-state index in [2.05, 4.69) is 16.2 Å². The minimum absolute atomic E-state index is 0.412. The fraction of sp³-hybridized carbons (Fsp3) is 0.533. The van der Waals surface area contributed by atoms with Gasteiger partial charge in [-0.3, -0.25) is 9.58 Å². The molecule has 108 valence electrons. The van der Waals surface area contributed by atoms with Crippen molar-refractivity contribution in [2.24, 2.45) is 7.05 Å². The molecule has 2 aromatic heterocycles. The maximum absolute atomic E-state index is 10.2. The number of likely N-dealkylation sites (tertiary alicyclic amines) is 1. The van der Waals surface area contributed by atoms with Gasteiger partial charge in [0.15, 0.2) is 0 Å². The summed E-state index contributed by atoms with van der Waals surface area (Å²) in [5, 5.41) is 14.4. The molecule has 0 aliphatic carbocycles. The second-order valence-corrected chi connectivity index (χ2v) is 5.56. The summed E-state index contributed by atoms with van der Waals surface area (Å²) in [5.74, 6) is 0.665. The van der Waals surface area contributed by atoms with Crippen LogP contribution in [0, 0.1) is 0 Å². The van der Waals surface area contributed by atoms with Crippen molar-refractivity contribution < 1.29 is 9.52 Å². The molecule has 0 aromatic carbocycles. The van der Waals surface area contributed by atoms with Crippen LogP contribution < -0.4 is 0 Å². The predicted octanol–water partition coefficient (Wildman–Crippen LogP) is 2.10. The summed E-state index contributed by atoms with van der Waals surface area (Å²) in [5.41, 5.74) is 1.23. The Bertz CT molecular complexity index is 535. The molecule has 20 heavy (non-hydrogen) atoms. The molecule has 1 aliphatic rings. The number of aromatic nitrogens is 2. The number of aliphatic hydroxyl groups is 1. The van der Waals surface area contributed by atoms with Gasteiger partial charge in [-0.25, -0.2) is 0 Å². The van der Waals surface area contributed by atoms with Crippen LogP contribution in [0.25, 0.3) is 0 Å². The zero-order valence-corrected chi connectivity index (χ0v) is 11.8. The maximum atomic E-state index is 10.2. The molecule has 1 N–H and O–H groups in total. The number of rotatable bonds is 5. The van der Waals surface area contributed by atoms with Gasteiger partial charge in [-0.15, -0.1) is 0 Å². The molecule has 3 rings (SSSR count). The summed E-state index contributed by atoms with van der Waals surface area (Å²) >= 11 is 0. The highest BCUT2D eigenvalue weighted by atomic mass is 16.4. The summed E-state index contributed by atoms with van der Waals surface area (Å²) in [6.45, 7) is 1.99. The largest absolute Gasteiger partial charge is 0.467 e. The normalized spacial score (nSPS) is 21.4. The molecule has 2 aromatic rings. The third-order valence-corrected chi connectivity index (χ3v) is 4.01. The molecule has 1 fully saturated rings. The average Bonchev–Trinajstić information content (AvgIpc) is 3.13. The van der Waals surface area contributed by atoms with E-state index in [0.717, 1.165) is 25.9 Å². The van der Waals surface area contributed by atoms with Crippen molar-refractivity contribution in [3.05, 3.63) is 42.1 Å². The quantitative estimate of drug-likeness (QED) is 0.908. The molecular formula is C15H21N3O2. The molecule has 1 aliphatic heterocycles. The lowest BCUT2D eigenvalue weighted by Crippen LogP contribution is -2.30. The Hall–Kier alpha value is -1.59. The number of furan rings is 1. The van der Waals surface area contributed by atoms with Crippen LogP contribution in [0.15, 0.2) is 35.2 Å². The topological polar surface area (TPSA) is 54.4 Å². The predicted molar refractivity (Wildman–Crippen MR) is 74.9 cm³/mol. The van der Waals surface area contributed by atoms with Gasteiger partial charge in [0, 0.05) is 31.4 Å². The van der Waals surface area contributed by atoms with Crippen LogP contribution in [-0.2, 0) is 13.6 Å². The number of hydrogen-bond donors (Lipinski definition) is 1. The third kappa shape index (κ3) is 2.94. The second kappa shape index (κ2) is 5.81. The van der Waals surface area contributed by atoms with E-state index in [0.29, 0.717) is 11.8 Å². The van der Waals surface area contributed by atoms with Crippen LogP contribution in [0.1, 0.15) is 36.7 Å². The Kier molecular flexibility index (Phi) is 3.89. The van der Waals surface area contributed by atoms with Crippen LogP contribution >= 0.6 is 0 Å². The van der Waals surface area contributed by atoms with Crippen LogP contribution in [-0.4, -0.2) is 32.4 Å². The van der Waals surface area contributed by atoms with Gasteiger partial charge >= 0.3 is 0 Å². The zero-order chi connectivity index (χ0) is 13.9. The van der Waals surface area contributed by atoms with Crippen molar-refractivity contribution in [2.75, 3.05) is 6.54 Å². The highest BCUT2D eigenvalue weighted by molar-refractivity contribution is 5.06. The van der Waals surface area contributed by atoms with E-state index in [9.17, 15) is 5.11 Å². The molecule has 0 spiro atoms. The molecule has 1 saturated heterocycles. The SMILES string of the molecule is Cn1cc(CN2CCCC2CC(O)c2ccco2)cn1. The summed E-state index contributed by atoms with van der Waals surface area (Å²) in [4.78, 5) is 2.43. The number of hydrogen-bond acceptors (Lipinski definition) is 4. The van der Waals surface area contributed by atoms with E-state index in [-0.39, 0.29) is 0 Å². The van der Waals surface area contributed by atoms with Crippen LogP contribution in [0.5, 0.6) is 0 Å². The highest BCUT2D eigenvalue weighted by Crippen LogP contribution is 2.28. The minimum Gasteiger partial charge on any atom is -0.467 e. The molecule has 0 amide bonds. The zero-order valence-electron chi connectivity index (χ0n) is 11.8. The van der Waals surface area contributed by atoms with Gasteiger partial charge in [-0.05, 0) is 37.9 Å². The van der Waals surface area contributed by atoms with Crippen molar-refractivity contribution in [1.82, 2.24) is 14.7 Å². The fourth-order valence-electron chi connectivity index (χ4n) is 3.01. The first-order chi connectivity index (χ1) is 9.72. The molecule has 5 heteroatoms. The van der Waals surface area contributed by atoms with E-state index >= 15 is 0 Å². The van der Waals surface area contributed by atoms with Gasteiger partial charge in [-0.1, -0.05) is 0 Å². The molecule has 5 nitrogen and oxygen atoms in total. The molecule has 3 heterocycles. The summed E-state index contributed by atoms with van der Waals surface area (Å²) in [7, 11) is 1.94. The van der Waals surface area contributed by atoms with Gasteiger partial charge in [-0.2, -0.15) is 5.10 Å². The number of aryl methyl sites for hydroxylation is 1. The molecule has 0 bridgehead atoms. The lowest BCUT2D eigenvalue weighted by molar-refractivity contribution is 0.0995. The standard InChI is InChI=1S/C15H21N3O2/c1-17-10-12(9-16-17)11-18-6-2-4-13(18)8-14(19)15-5-3-7-20-15/h3,5,7,9-10,13-14,19H,2,4,6,8,11H2,1H3. The monoisotopic (exact) mass is 275 g/mol. The van der Waals surface area contributed by atoms with E-state index in [1.807, 2.05) is 30.1 Å². The Morgan fingerprint density at radius 3 is 3.15 bits per heavy atom. The lowest BCUT2D eigenvalue weighted by atomic mass is 10.0. The van der Waals surface area contributed by atoms with E-state index in [4.69, 9.17) is 4.42 Å². The van der Waals surface area contributed by atoms with Crippen molar-refractivity contribution in [3.63, 3.8) is 0 Å². The number of aliphatic hydroxyl groups excluding tert-OH is 1. The summed E-state index contributed by atoms with van der Waals surface area (Å²) < 4.78 is 7.11. The van der Waals surface area contributed by atoms with E-state index in [1.54, 1.807) is 6.26 Å². The van der Waals surface area contributed by atoms with E-state index in [1.165, 1.54) is 12.0 Å². The second-order valence-electron chi connectivity index (χ2n) is 5.56. The fourth-order valence-corrected chi connectivity index (χ4v) is 3.01. The van der Waals surface area contributed by atoms with Crippen molar-refractivity contribution >= 4 is 0 Å². The average molecular weight is 275 g/mol. The van der Waals surface area contributed by atoms with Crippen LogP contribution in [0.2, 0.25) is 0 Å². The molecule has 2 unspecified atom stereocenters.